The molecule has 0 aliphatic rings. The fraction of sp³-hybridized carbons (Fsp3) is 1.00. The highest BCUT2D eigenvalue weighted by Crippen LogP contribution is 2.17. The van der Waals surface area contributed by atoms with Crippen LogP contribution in [0.2, 0.25) is 0 Å². The van der Waals surface area contributed by atoms with E-state index in [-0.39, 0.29) is 0 Å². The predicted molar refractivity (Wildman–Crippen MR) is 50.4 cm³/mol. The van der Waals surface area contributed by atoms with Gasteiger partial charge >= 0.3 is 0 Å². The van der Waals surface area contributed by atoms with Gasteiger partial charge in [-0.2, -0.15) is 0 Å². The molecule has 0 saturated carbocycles. The van der Waals surface area contributed by atoms with Crippen LogP contribution in [0, 0.1) is 0 Å². The van der Waals surface area contributed by atoms with Gasteiger partial charge in [-0.3, -0.25) is 0 Å². The summed E-state index contributed by atoms with van der Waals surface area (Å²) in [7, 11) is -1.64. The van der Waals surface area contributed by atoms with Crippen molar-refractivity contribution in [3.63, 3.8) is 0 Å². The standard InChI is InChI=1S/C7H18N2O2S/c1-7(2,3)12(10,11)9(4)6-5-8/h5-6,8H2,1-4H3. The van der Waals surface area contributed by atoms with Crippen molar-refractivity contribution in [2.24, 2.45) is 5.73 Å². The number of nitrogens with zero attached hydrogens (tertiary/aromatic N) is 1. The zero-order valence-electron chi connectivity index (χ0n) is 8.16. The first-order valence-electron chi connectivity index (χ1n) is 3.89. The maximum atomic E-state index is 11.6. The maximum Gasteiger partial charge on any atom is 0.218 e. The fourth-order valence-electron chi connectivity index (χ4n) is 0.769. The van der Waals surface area contributed by atoms with Crippen LogP contribution in [0.25, 0.3) is 0 Å². The molecule has 0 fully saturated rings. The van der Waals surface area contributed by atoms with Gasteiger partial charge in [-0.1, -0.05) is 0 Å². The third kappa shape index (κ3) is 2.43. The SMILES string of the molecule is CN(CCN)S(=O)(=O)C(C)(C)C. The molecule has 0 aromatic heterocycles. The molecule has 0 atom stereocenters. The largest absolute Gasteiger partial charge is 0.329 e. The summed E-state index contributed by atoms with van der Waals surface area (Å²) in [5.41, 5.74) is 5.26. The number of hydrogen-bond donors (Lipinski definition) is 1. The Labute approximate surface area is 74.8 Å². The summed E-state index contributed by atoms with van der Waals surface area (Å²) in [6.07, 6.45) is 0. The molecule has 12 heavy (non-hydrogen) atoms. The Hall–Kier alpha value is -0.130. The summed E-state index contributed by atoms with van der Waals surface area (Å²) in [6.45, 7) is 5.76. The molecule has 4 nitrogen and oxygen atoms in total. The van der Waals surface area contributed by atoms with Gasteiger partial charge in [0.05, 0.1) is 4.75 Å². The molecule has 0 aliphatic carbocycles. The first kappa shape index (κ1) is 11.9. The van der Waals surface area contributed by atoms with Crippen LogP contribution >= 0.6 is 0 Å². The van der Waals surface area contributed by atoms with Gasteiger partial charge in [-0.05, 0) is 20.8 Å². The Morgan fingerprint density at radius 1 is 1.33 bits per heavy atom. The minimum atomic E-state index is -3.19. The predicted octanol–water partition coefficient (Wildman–Crippen LogP) is 0.00520. The van der Waals surface area contributed by atoms with Crippen molar-refractivity contribution in [3.05, 3.63) is 0 Å². The topological polar surface area (TPSA) is 63.4 Å². The third-order valence-corrected chi connectivity index (χ3v) is 4.18. The van der Waals surface area contributed by atoms with Crippen LogP contribution in [-0.4, -0.2) is 37.6 Å². The lowest BCUT2D eigenvalue weighted by molar-refractivity contribution is 0.451. The highest BCUT2D eigenvalue weighted by Gasteiger charge is 2.32. The summed E-state index contributed by atoms with van der Waals surface area (Å²) in [6, 6.07) is 0. The Balaban J connectivity index is 4.64. The van der Waals surface area contributed by atoms with E-state index < -0.39 is 14.8 Å². The molecule has 0 aromatic rings. The molecule has 0 spiro atoms. The van der Waals surface area contributed by atoms with E-state index in [1.54, 1.807) is 27.8 Å². The van der Waals surface area contributed by atoms with Crippen molar-refractivity contribution < 1.29 is 8.42 Å². The van der Waals surface area contributed by atoms with Crippen LogP contribution < -0.4 is 5.73 Å². The molecule has 0 aromatic carbocycles. The molecule has 0 unspecified atom stereocenters. The lowest BCUT2D eigenvalue weighted by Gasteiger charge is -2.26. The monoisotopic (exact) mass is 194 g/mol. The summed E-state index contributed by atoms with van der Waals surface area (Å²) in [5, 5.41) is 0. The van der Waals surface area contributed by atoms with Gasteiger partial charge < -0.3 is 5.73 Å². The summed E-state index contributed by atoms with van der Waals surface area (Å²) in [4.78, 5) is 0. The highest BCUT2D eigenvalue weighted by atomic mass is 32.2. The van der Waals surface area contributed by atoms with Crippen LogP contribution in [0.3, 0.4) is 0 Å². The Bertz CT molecular complexity index is 228. The number of rotatable bonds is 3. The average molecular weight is 194 g/mol. The summed E-state index contributed by atoms with van der Waals surface area (Å²) >= 11 is 0. The summed E-state index contributed by atoms with van der Waals surface area (Å²) < 4.78 is 23.8. The van der Waals surface area contributed by atoms with Gasteiger partial charge in [0.25, 0.3) is 0 Å². The number of likely N-dealkylation sites (N-methyl/N-ethyl adjacent to an activating group) is 1. The second kappa shape index (κ2) is 3.72. The maximum absolute atomic E-state index is 11.6. The average Bonchev–Trinajstić information content (AvgIpc) is 1.85. The van der Waals surface area contributed by atoms with Gasteiger partial charge in [0.1, 0.15) is 0 Å². The lowest BCUT2D eigenvalue weighted by Crippen LogP contribution is -2.42. The number of nitrogens with two attached hydrogens (primary N) is 1. The van der Waals surface area contributed by atoms with E-state index in [9.17, 15) is 8.42 Å². The lowest BCUT2D eigenvalue weighted by atomic mass is 10.3. The number of hydrogen-bond acceptors (Lipinski definition) is 3. The molecular formula is C7H18N2O2S. The zero-order chi connectivity index (χ0) is 9.99. The van der Waals surface area contributed by atoms with E-state index in [0.29, 0.717) is 13.1 Å². The Morgan fingerprint density at radius 3 is 2.00 bits per heavy atom. The molecule has 0 rings (SSSR count). The van der Waals surface area contributed by atoms with Crippen LogP contribution in [0.1, 0.15) is 20.8 Å². The first-order chi connectivity index (χ1) is 5.23. The van der Waals surface area contributed by atoms with Crippen molar-refractivity contribution >= 4 is 10.0 Å². The van der Waals surface area contributed by atoms with Crippen molar-refractivity contribution in [1.82, 2.24) is 4.31 Å². The molecule has 0 bridgehead atoms. The molecule has 2 N–H and O–H groups in total. The van der Waals surface area contributed by atoms with Crippen molar-refractivity contribution in [2.45, 2.75) is 25.5 Å². The number of sulfonamides is 1. The van der Waals surface area contributed by atoms with E-state index in [4.69, 9.17) is 5.73 Å². The van der Waals surface area contributed by atoms with E-state index >= 15 is 0 Å². The van der Waals surface area contributed by atoms with Gasteiger partial charge in [-0.25, -0.2) is 12.7 Å². The molecule has 0 saturated heterocycles. The molecule has 0 amide bonds. The summed E-state index contributed by atoms with van der Waals surface area (Å²) in [5.74, 6) is 0. The smallest absolute Gasteiger partial charge is 0.218 e. The quantitative estimate of drug-likeness (QED) is 0.688. The Morgan fingerprint density at radius 2 is 1.75 bits per heavy atom. The van der Waals surface area contributed by atoms with Gasteiger partial charge in [0.15, 0.2) is 0 Å². The van der Waals surface area contributed by atoms with Crippen LogP contribution in [0.15, 0.2) is 0 Å². The van der Waals surface area contributed by atoms with Gasteiger partial charge in [0.2, 0.25) is 10.0 Å². The molecule has 74 valence electrons. The van der Waals surface area contributed by atoms with Gasteiger partial charge in [-0.15, -0.1) is 0 Å². The Kier molecular flexibility index (Phi) is 3.68. The first-order valence-corrected chi connectivity index (χ1v) is 5.33. The van der Waals surface area contributed by atoms with Crippen molar-refractivity contribution in [2.75, 3.05) is 20.1 Å². The molecule has 0 radical (unpaired) electrons. The van der Waals surface area contributed by atoms with Crippen LogP contribution in [0.5, 0.6) is 0 Å². The molecule has 0 heterocycles. The normalized spacial score (nSPS) is 13.8. The van der Waals surface area contributed by atoms with Crippen molar-refractivity contribution in [3.8, 4) is 0 Å². The fourth-order valence-corrected chi connectivity index (χ4v) is 2.05. The molecular weight excluding hydrogens is 176 g/mol. The zero-order valence-corrected chi connectivity index (χ0v) is 8.98. The van der Waals surface area contributed by atoms with E-state index in [0.717, 1.165) is 0 Å². The molecule has 0 aliphatic heterocycles. The van der Waals surface area contributed by atoms with Crippen LogP contribution in [-0.2, 0) is 10.0 Å². The van der Waals surface area contributed by atoms with Crippen molar-refractivity contribution in [1.29, 1.82) is 0 Å². The highest BCUT2D eigenvalue weighted by molar-refractivity contribution is 7.90. The molecule has 5 heteroatoms. The van der Waals surface area contributed by atoms with Gasteiger partial charge in [0, 0.05) is 20.1 Å². The van der Waals surface area contributed by atoms with Crippen LogP contribution in [0.4, 0.5) is 0 Å². The van der Waals surface area contributed by atoms with E-state index in [1.807, 2.05) is 0 Å². The van der Waals surface area contributed by atoms with E-state index in [2.05, 4.69) is 0 Å². The second-order valence-corrected chi connectivity index (χ2v) is 6.53. The minimum Gasteiger partial charge on any atom is -0.329 e. The minimum absolute atomic E-state index is 0.353. The third-order valence-electron chi connectivity index (χ3n) is 1.63. The second-order valence-electron chi connectivity index (χ2n) is 3.73. The van der Waals surface area contributed by atoms with E-state index in [1.165, 1.54) is 4.31 Å².